The first-order valence-electron chi connectivity index (χ1n) is 11.2. The molecule has 9 heteroatoms. The number of carbonyl (C=O) groups is 2. The van der Waals surface area contributed by atoms with E-state index in [9.17, 15) is 9.59 Å². The Hall–Kier alpha value is -2.65. The zero-order valence-electron chi connectivity index (χ0n) is 18.2. The molecule has 0 saturated carbocycles. The lowest BCUT2D eigenvalue weighted by Gasteiger charge is -2.29. The van der Waals surface area contributed by atoms with Crippen LogP contribution in [0.1, 0.15) is 31.9 Å². The van der Waals surface area contributed by atoms with Crippen molar-refractivity contribution in [2.24, 2.45) is 11.8 Å². The number of piperidine rings is 1. The number of nitrogens with zero attached hydrogens (tertiary/aromatic N) is 3. The van der Waals surface area contributed by atoms with E-state index in [4.69, 9.17) is 9.47 Å². The number of hydrogen-bond acceptors (Lipinski definition) is 7. The molecule has 5 rings (SSSR count). The van der Waals surface area contributed by atoms with E-state index in [1.54, 1.807) is 11.0 Å². The largest absolute Gasteiger partial charge is 0.486 e. The molecule has 2 aromatic rings. The van der Waals surface area contributed by atoms with Gasteiger partial charge >= 0.3 is 0 Å². The molecule has 2 amide bonds. The number of likely N-dealkylation sites (tertiary alicyclic amines) is 1. The maximum absolute atomic E-state index is 12.8. The molecule has 0 radical (unpaired) electrons. The van der Waals surface area contributed by atoms with E-state index >= 15 is 0 Å². The lowest BCUT2D eigenvalue weighted by atomic mass is 9.99. The number of ether oxygens (including phenoxy) is 2. The number of rotatable bonds is 5. The predicted molar refractivity (Wildman–Crippen MR) is 122 cm³/mol. The van der Waals surface area contributed by atoms with E-state index in [-0.39, 0.29) is 18.2 Å². The second kappa shape index (κ2) is 9.07. The van der Waals surface area contributed by atoms with Crippen LogP contribution < -0.4 is 19.7 Å². The van der Waals surface area contributed by atoms with E-state index < -0.39 is 5.92 Å². The summed E-state index contributed by atoms with van der Waals surface area (Å²) in [6.45, 7) is 6.67. The molecule has 32 heavy (non-hydrogen) atoms. The van der Waals surface area contributed by atoms with Crippen molar-refractivity contribution in [1.82, 2.24) is 9.88 Å². The summed E-state index contributed by atoms with van der Waals surface area (Å²) in [5.74, 6) is 1.47. The fourth-order valence-corrected chi connectivity index (χ4v) is 5.13. The first kappa shape index (κ1) is 21.2. The van der Waals surface area contributed by atoms with Crippen molar-refractivity contribution in [2.75, 3.05) is 43.1 Å². The lowest BCUT2D eigenvalue weighted by molar-refractivity contribution is -0.122. The summed E-state index contributed by atoms with van der Waals surface area (Å²) >= 11 is 1.44. The summed E-state index contributed by atoms with van der Waals surface area (Å²) in [4.78, 5) is 34.1. The smallest absolute Gasteiger partial charge is 0.231 e. The quantitative estimate of drug-likeness (QED) is 0.744. The Labute approximate surface area is 191 Å². The van der Waals surface area contributed by atoms with Gasteiger partial charge in [0, 0.05) is 36.6 Å². The van der Waals surface area contributed by atoms with Crippen LogP contribution in [0.3, 0.4) is 0 Å². The molecule has 0 spiro atoms. The molecule has 1 N–H and O–H groups in total. The second-order valence-electron chi connectivity index (χ2n) is 8.83. The van der Waals surface area contributed by atoms with Gasteiger partial charge in [0.05, 0.1) is 11.6 Å². The summed E-state index contributed by atoms with van der Waals surface area (Å²) in [5, 5.41) is 5.52. The van der Waals surface area contributed by atoms with Gasteiger partial charge in [-0.25, -0.2) is 4.98 Å². The number of anilines is 2. The highest BCUT2D eigenvalue weighted by Gasteiger charge is 2.36. The van der Waals surface area contributed by atoms with Gasteiger partial charge in [-0.1, -0.05) is 6.92 Å². The van der Waals surface area contributed by atoms with Crippen molar-refractivity contribution in [2.45, 2.75) is 32.7 Å². The van der Waals surface area contributed by atoms with Crippen LogP contribution in [0.15, 0.2) is 23.6 Å². The van der Waals surface area contributed by atoms with Crippen molar-refractivity contribution in [3.05, 3.63) is 29.3 Å². The standard InChI is InChI=1S/C23H28N4O4S/c1-15-4-6-26(7-5-15)13-17-14-32-23(24-17)25-22(29)16-10-21(28)27(12-16)18-2-3-19-20(11-18)31-9-8-30-19/h2-3,11,14-16H,4-10,12-13H2,1H3,(H,24,25,29)/t16-/m1/s1. The SMILES string of the molecule is CC1CCN(Cc2csc(NC(=O)[C@@H]3CC(=O)N(c4ccc5c(c4)OCCO5)C3)n2)CC1. The molecule has 3 aliphatic rings. The molecule has 1 aromatic carbocycles. The zero-order valence-corrected chi connectivity index (χ0v) is 19.0. The summed E-state index contributed by atoms with van der Waals surface area (Å²) in [7, 11) is 0. The molecule has 0 unspecified atom stereocenters. The topological polar surface area (TPSA) is 84.0 Å². The number of carbonyl (C=O) groups excluding carboxylic acids is 2. The highest BCUT2D eigenvalue weighted by atomic mass is 32.1. The van der Waals surface area contributed by atoms with Crippen LogP contribution in [-0.4, -0.2) is 54.5 Å². The van der Waals surface area contributed by atoms with Crippen LogP contribution in [0, 0.1) is 11.8 Å². The van der Waals surface area contributed by atoms with Gasteiger partial charge in [0.25, 0.3) is 0 Å². The summed E-state index contributed by atoms with van der Waals surface area (Å²) < 4.78 is 11.2. The van der Waals surface area contributed by atoms with Crippen molar-refractivity contribution in [3.63, 3.8) is 0 Å². The number of benzene rings is 1. The van der Waals surface area contributed by atoms with Crippen LogP contribution in [0.4, 0.5) is 10.8 Å². The van der Waals surface area contributed by atoms with Gasteiger partial charge in [0.15, 0.2) is 16.6 Å². The number of amides is 2. The molecule has 2 saturated heterocycles. The molecule has 3 aliphatic heterocycles. The van der Waals surface area contributed by atoms with Gasteiger partial charge in [0.2, 0.25) is 11.8 Å². The van der Waals surface area contributed by atoms with Gasteiger partial charge in [-0.05, 0) is 44.0 Å². The maximum atomic E-state index is 12.8. The molecule has 4 heterocycles. The van der Waals surface area contributed by atoms with E-state index in [0.29, 0.717) is 36.4 Å². The van der Waals surface area contributed by atoms with Crippen molar-refractivity contribution in [3.8, 4) is 11.5 Å². The predicted octanol–water partition coefficient (Wildman–Crippen LogP) is 3.14. The molecule has 8 nitrogen and oxygen atoms in total. The van der Waals surface area contributed by atoms with Gasteiger partial charge < -0.3 is 19.7 Å². The molecule has 1 aromatic heterocycles. The first-order chi connectivity index (χ1) is 15.5. The number of aromatic nitrogens is 1. The molecule has 1 atom stereocenters. The second-order valence-corrected chi connectivity index (χ2v) is 9.68. The Kier molecular flexibility index (Phi) is 6.01. The maximum Gasteiger partial charge on any atom is 0.231 e. The number of hydrogen-bond donors (Lipinski definition) is 1. The molecule has 0 bridgehead atoms. The Morgan fingerprint density at radius 3 is 2.81 bits per heavy atom. The van der Waals surface area contributed by atoms with Crippen LogP contribution in [0.5, 0.6) is 11.5 Å². The van der Waals surface area contributed by atoms with Gasteiger partial charge in [-0.15, -0.1) is 11.3 Å². The van der Waals surface area contributed by atoms with Crippen molar-refractivity contribution >= 4 is 34.0 Å². The normalized spacial score (nSPS) is 21.7. The summed E-state index contributed by atoms with van der Waals surface area (Å²) in [6, 6.07) is 5.45. The van der Waals surface area contributed by atoms with E-state index in [2.05, 4.69) is 22.1 Å². The van der Waals surface area contributed by atoms with Crippen molar-refractivity contribution < 1.29 is 19.1 Å². The van der Waals surface area contributed by atoms with Gasteiger partial charge in [-0.2, -0.15) is 0 Å². The summed E-state index contributed by atoms with van der Waals surface area (Å²) in [6.07, 6.45) is 2.64. The van der Waals surface area contributed by atoms with Gasteiger partial charge in [-0.3, -0.25) is 14.5 Å². The first-order valence-corrected chi connectivity index (χ1v) is 12.1. The number of fused-ring (bicyclic) bond motifs is 1. The fourth-order valence-electron chi connectivity index (χ4n) is 4.43. The lowest BCUT2D eigenvalue weighted by Crippen LogP contribution is -2.32. The molecular weight excluding hydrogens is 428 g/mol. The van der Waals surface area contributed by atoms with Crippen LogP contribution >= 0.6 is 11.3 Å². The minimum absolute atomic E-state index is 0.0685. The minimum Gasteiger partial charge on any atom is -0.486 e. The van der Waals surface area contributed by atoms with E-state index in [0.717, 1.165) is 36.9 Å². The van der Waals surface area contributed by atoms with Crippen molar-refractivity contribution in [1.29, 1.82) is 0 Å². The minimum atomic E-state index is -0.411. The van der Waals surface area contributed by atoms with E-state index in [1.807, 2.05) is 17.5 Å². The van der Waals surface area contributed by atoms with Crippen LogP contribution in [-0.2, 0) is 16.1 Å². The molecule has 0 aliphatic carbocycles. The average Bonchev–Trinajstić information content (AvgIpc) is 3.41. The third-order valence-corrected chi connectivity index (χ3v) is 7.18. The molecule has 2 fully saturated rings. The highest BCUT2D eigenvalue weighted by molar-refractivity contribution is 7.13. The van der Waals surface area contributed by atoms with Gasteiger partial charge in [0.1, 0.15) is 13.2 Å². The number of nitrogens with one attached hydrogen (secondary N) is 1. The average molecular weight is 457 g/mol. The Morgan fingerprint density at radius 2 is 2.00 bits per heavy atom. The summed E-state index contributed by atoms with van der Waals surface area (Å²) in [5.41, 5.74) is 1.71. The Bertz CT molecular complexity index is 1000. The Balaban J connectivity index is 1.18. The third kappa shape index (κ3) is 4.59. The molecular formula is C23H28N4O4S. The highest BCUT2D eigenvalue weighted by Crippen LogP contribution is 2.36. The fraction of sp³-hybridized carbons (Fsp3) is 0.522. The van der Waals surface area contributed by atoms with Crippen LogP contribution in [0.2, 0.25) is 0 Å². The third-order valence-electron chi connectivity index (χ3n) is 6.38. The van der Waals surface area contributed by atoms with E-state index in [1.165, 1.54) is 24.2 Å². The zero-order chi connectivity index (χ0) is 22.1. The number of thiazole rings is 1. The van der Waals surface area contributed by atoms with Crippen LogP contribution in [0.25, 0.3) is 0 Å². The molecule has 170 valence electrons. The monoisotopic (exact) mass is 456 g/mol. The Morgan fingerprint density at radius 1 is 1.22 bits per heavy atom.